The largest absolute Gasteiger partial charge is 0.478 e. The van der Waals surface area contributed by atoms with Gasteiger partial charge in [-0.2, -0.15) is 0 Å². The molecule has 33 heavy (non-hydrogen) atoms. The van der Waals surface area contributed by atoms with E-state index in [1.807, 2.05) is 18.2 Å². The van der Waals surface area contributed by atoms with Gasteiger partial charge in [-0.05, 0) is 54.7 Å². The summed E-state index contributed by atoms with van der Waals surface area (Å²) >= 11 is 5.59. The molecule has 1 saturated heterocycles. The van der Waals surface area contributed by atoms with E-state index in [9.17, 15) is 14.3 Å². The number of nitrogens with zero attached hydrogens (tertiary/aromatic N) is 2. The summed E-state index contributed by atoms with van der Waals surface area (Å²) in [5, 5.41) is 13.1. The van der Waals surface area contributed by atoms with Crippen LogP contribution < -0.4 is 10.2 Å². The number of rotatable bonds is 5. The van der Waals surface area contributed by atoms with Crippen molar-refractivity contribution in [2.45, 2.75) is 12.1 Å². The first-order chi connectivity index (χ1) is 16.0. The number of aromatic carboxylic acids is 1. The van der Waals surface area contributed by atoms with Crippen molar-refractivity contribution in [2.75, 3.05) is 4.90 Å². The van der Waals surface area contributed by atoms with E-state index in [0.717, 1.165) is 0 Å². The minimum Gasteiger partial charge on any atom is -0.478 e. The van der Waals surface area contributed by atoms with Crippen LogP contribution in [0.15, 0.2) is 89.5 Å². The molecular weight excluding hydrogens is 441 g/mol. The highest BCUT2D eigenvalue weighted by Crippen LogP contribution is 2.43. The molecule has 2 atom stereocenters. The number of para-hydroxylation sites is 1. The van der Waals surface area contributed by atoms with Gasteiger partial charge < -0.3 is 19.7 Å². The number of halogens is 1. The second-order valence-electron chi connectivity index (χ2n) is 7.50. The summed E-state index contributed by atoms with van der Waals surface area (Å²) in [6.45, 7) is 0. The molecular formula is C25H18FN3O3S. The van der Waals surface area contributed by atoms with Gasteiger partial charge in [-0.25, -0.2) is 9.18 Å². The van der Waals surface area contributed by atoms with Crippen LogP contribution in [0.2, 0.25) is 0 Å². The zero-order chi connectivity index (χ0) is 22.9. The highest BCUT2D eigenvalue weighted by atomic mass is 32.1. The third kappa shape index (κ3) is 3.74. The number of nitrogens with one attached hydrogen (secondary N) is 1. The normalized spacial score (nSPS) is 17.7. The zero-order valence-corrected chi connectivity index (χ0v) is 18.0. The van der Waals surface area contributed by atoms with Crippen molar-refractivity contribution in [1.29, 1.82) is 0 Å². The molecule has 5 rings (SSSR count). The second kappa shape index (κ2) is 8.48. The molecule has 2 aromatic carbocycles. The number of aromatic nitrogens is 1. The van der Waals surface area contributed by atoms with Gasteiger partial charge in [0, 0.05) is 11.8 Å². The number of thiocarbonyl (C=S) groups is 1. The van der Waals surface area contributed by atoms with Crippen LogP contribution in [0.5, 0.6) is 0 Å². The Balaban J connectivity index is 1.63. The van der Waals surface area contributed by atoms with Crippen molar-refractivity contribution in [1.82, 2.24) is 10.3 Å². The van der Waals surface area contributed by atoms with Crippen molar-refractivity contribution in [2.24, 2.45) is 0 Å². The van der Waals surface area contributed by atoms with Gasteiger partial charge in [-0.15, -0.1) is 0 Å². The Bertz CT molecular complexity index is 1340. The van der Waals surface area contributed by atoms with Gasteiger partial charge in [0.05, 0.1) is 23.0 Å². The first kappa shape index (κ1) is 20.8. The molecule has 3 heterocycles. The lowest BCUT2D eigenvalue weighted by molar-refractivity contribution is 0.0697. The van der Waals surface area contributed by atoms with E-state index in [2.05, 4.69) is 10.3 Å². The predicted octanol–water partition coefficient (Wildman–Crippen LogP) is 5.36. The van der Waals surface area contributed by atoms with Crippen LogP contribution in [-0.2, 0) is 0 Å². The molecule has 4 aromatic rings. The topological polar surface area (TPSA) is 78.6 Å². The number of carboxylic acids is 1. The molecule has 0 spiro atoms. The molecule has 2 N–H and O–H groups in total. The molecule has 8 heteroatoms. The number of benzene rings is 2. The molecule has 1 aliphatic heterocycles. The second-order valence-corrected chi connectivity index (χ2v) is 7.89. The summed E-state index contributed by atoms with van der Waals surface area (Å²) in [5.74, 6) is -0.576. The first-order valence-corrected chi connectivity index (χ1v) is 10.6. The first-order valence-electron chi connectivity index (χ1n) is 10.2. The summed E-state index contributed by atoms with van der Waals surface area (Å²) in [7, 11) is 0. The standard InChI is InChI=1S/C25H18FN3O3S/c26-17-9-3-4-11-19(17)29-23(22(28-25(29)33)18-10-5-6-14-27-18)21-13-12-20(32-21)15-7-1-2-8-16(15)24(30)31/h1-14,22-23H,(H,28,33)(H,30,31)/t22-,23+/m0/s1. The van der Waals surface area contributed by atoms with Gasteiger partial charge in [0.1, 0.15) is 23.4 Å². The van der Waals surface area contributed by atoms with Crippen LogP contribution in [0.3, 0.4) is 0 Å². The van der Waals surface area contributed by atoms with Crippen molar-refractivity contribution < 1.29 is 18.7 Å². The van der Waals surface area contributed by atoms with E-state index in [1.165, 1.54) is 12.1 Å². The average Bonchev–Trinajstić information content (AvgIpc) is 3.44. The molecule has 0 amide bonds. The van der Waals surface area contributed by atoms with Gasteiger partial charge in [-0.3, -0.25) is 4.98 Å². The summed E-state index contributed by atoms with van der Waals surface area (Å²) < 4.78 is 21.0. The third-order valence-electron chi connectivity index (χ3n) is 5.55. The fraction of sp³-hybridized carbons (Fsp3) is 0.0800. The zero-order valence-electron chi connectivity index (χ0n) is 17.2. The van der Waals surface area contributed by atoms with E-state index in [-0.39, 0.29) is 5.56 Å². The van der Waals surface area contributed by atoms with Crippen molar-refractivity contribution in [3.8, 4) is 11.3 Å². The maximum absolute atomic E-state index is 14.8. The number of carboxylic acid groups (broad SMARTS) is 1. The van der Waals surface area contributed by atoms with Gasteiger partial charge in [0.2, 0.25) is 0 Å². The summed E-state index contributed by atoms with van der Waals surface area (Å²) in [4.78, 5) is 17.8. The number of pyridine rings is 1. The van der Waals surface area contributed by atoms with Crippen LogP contribution in [0.4, 0.5) is 10.1 Å². The van der Waals surface area contributed by atoms with Crippen molar-refractivity contribution >= 4 is 29.0 Å². The molecule has 1 aliphatic rings. The molecule has 0 bridgehead atoms. The molecule has 0 saturated carbocycles. The fourth-order valence-corrected chi connectivity index (χ4v) is 4.43. The van der Waals surface area contributed by atoms with E-state index in [0.29, 0.717) is 33.6 Å². The molecule has 0 radical (unpaired) electrons. The lowest BCUT2D eigenvalue weighted by Crippen LogP contribution is -2.30. The molecule has 0 aliphatic carbocycles. The number of carbonyl (C=O) groups is 1. The van der Waals surface area contributed by atoms with Crippen LogP contribution in [0.1, 0.15) is 33.9 Å². The molecule has 0 unspecified atom stereocenters. The summed E-state index contributed by atoms with van der Waals surface area (Å²) in [6, 6.07) is 21.1. The summed E-state index contributed by atoms with van der Waals surface area (Å²) in [5.41, 5.74) is 1.61. The monoisotopic (exact) mass is 459 g/mol. The van der Waals surface area contributed by atoms with E-state index in [4.69, 9.17) is 16.6 Å². The lowest BCUT2D eigenvalue weighted by Gasteiger charge is -2.26. The Morgan fingerprint density at radius 2 is 1.79 bits per heavy atom. The van der Waals surface area contributed by atoms with Gasteiger partial charge in [0.15, 0.2) is 5.11 Å². The highest BCUT2D eigenvalue weighted by molar-refractivity contribution is 7.80. The van der Waals surface area contributed by atoms with E-state index >= 15 is 0 Å². The number of furan rings is 1. The quantitative estimate of drug-likeness (QED) is 0.389. The third-order valence-corrected chi connectivity index (χ3v) is 5.87. The minimum absolute atomic E-state index is 0.130. The number of anilines is 1. The van der Waals surface area contributed by atoms with Crippen LogP contribution in [-0.4, -0.2) is 21.2 Å². The predicted molar refractivity (Wildman–Crippen MR) is 125 cm³/mol. The Labute approximate surface area is 194 Å². The van der Waals surface area contributed by atoms with Crippen molar-refractivity contribution in [3.05, 3.63) is 108 Å². The summed E-state index contributed by atoms with van der Waals surface area (Å²) in [6.07, 6.45) is 1.68. The van der Waals surface area contributed by atoms with Crippen LogP contribution in [0, 0.1) is 5.82 Å². The maximum atomic E-state index is 14.8. The molecule has 2 aromatic heterocycles. The highest BCUT2D eigenvalue weighted by Gasteiger charge is 2.43. The molecule has 1 fully saturated rings. The van der Waals surface area contributed by atoms with Crippen molar-refractivity contribution in [3.63, 3.8) is 0 Å². The van der Waals surface area contributed by atoms with Gasteiger partial charge in [0.25, 0.3) is 0 Å². The van der Waals surface area contributed by atoms with E-state index < -0.39 is 23.9 Å². The van der Waals surface area contributed by atoms with Gasteiger partial charge >= 0.3 is 5.97 Å². The Morgan fingerprint density at radius 1 is 1.03 bits per heavy atom. The maximum Gasteiger partial charge on any atom is 0.336 e. The van der Waals surface area contributed by atoms with E-state index in [1.54, 1.807) is 59.6 Å². The Kier molecular flexibility index (Phi) is 5.35. The van der Waals surface area contributed by atoms with Crippen LogP contribution >= 0.6 is 12.2 Å². The number of hydrogen-bond donors (Lipinski definition) is 2. The van der Waals surface area contributed by atoms with Gasteiger partial charge in [-0.1, -0.05) is 36.4 Å². The van der Waals surface area contributed by atoms with Crippen LogP contribution in [0.25, 0.3) is 11.3 Å². The SMILES string of the molecule is O=C(O)c1ccccc1-c1ccc([C@@H]2[C@H](c3ccccn3)NC(=S)N2c2ccccc2F)o1. The Hall–Kier alpha value is -4.04. The fourth-order valence-electron chi connectivity index (χ4n) is 4.09. The average molecular weight is 460 g/mol. The minimum atomic E-state index is -1.05. The molecule has 6 nitrogen and oxygen atoms in total. The number of hydrogen-bond acceptors (Lipinski definition) is 4. The lowest BCUT2D eigenvalue weighted by atomic mass is 10.0. The molecule has 164 valence electrons. The Morgan fingerprint density at radius 3 is 2.55 bits per heavy atom. The smallest absolute Gasteiger partial charge is 0.336 e.